The van der Waals surface area contributed by atoms with Crippen molar-refractivity contribution >= 4 is 0 Å². The van der Waals surface area contributed by atoms with E-state index in [9.17, 15) is 4.39 Å². The maximum Gasteiger partial charge on any atom is 0.142 e. The van der Waals surface area contributed by atoms with Gasteiger partial charge in [-0.15, -0.1) is 0 Å². The average molecular weight is 234 g/mol. The maximum absolute atomic E-state index is 13.0. The van der Waals surface area contributed by atoms with E-state index in [1.54, 1.807) is 12.4 Å². The average Bonchev–Trinajstić information content (AvgIpc) is 2.78. The Kier molecular flexibility index (Phi) is 3.82. The van der Waals surface area contributed by atoms with Gasteiger partial charge in [0, 0.05) is 11.8 Å². The summed E-state index contributed by atoms with van der Waals surface area (Å²) in [6.45, 7) is 3.76. The second-order valence-electron chi connectivity index (χ2n) is 3.81. The number of halogens is 1. The largest absolute Gasteiger partial charge is 0.341 e. The predicted molar refractivity (Wildman–Crippen MR) is 63.8 cm³/mol. The van der Waals surface area contributed by atoms with Gasteiger partial charge in [-0.3, -0.25) is 4.98 Å². The Labute approximate surface area is 99.3 Å². The molecule has 2 aromatic rings. The van der Waals surface area contributed by atoms with E-state index in [0.717, 1.165) is 24.5 Å². The molecule has 0 aliphatic carbocycles. The summed E-state index contributed by atoms with van der Waals surface area (Å²) >= 11 is 0. The molecular weight excluding hydrogens is 219 g/mol. The zero-order valence-corrected chi connectivity index (χ0v) is 9.70. The van der Waals surface area contributed by atoms with Crippen molar-refractivity contribution in [3.63, 3.8) is 0 Å². The first-order chi connectivity index (χ1) is 8.29. The predicted octanol–water partition coefficient (Wildman–Crippen LogP) is 2.11. The first kappa shape index (κ1) is 11.7. The molecule has 2 heterocycles. The number of aromatic amines is 1. The van der Waals surface area contributed by atoms with Crippen LogP contribution in [-0.2, 0) is 6.54 Å². The lowest BCUT2D eigenvalue weighted by Gasteiger charge is -1.99. The highest BCUT2D eigenvalue weighted by Crippen LogP contribution is 2.16. The Hall–Kier alpha value is -1.75. The third kappa shape index (κ3) is 3.10. The Morgan fingerprint density at radius 2 is 2.24 bits per heavy atom. The molecule has 2 N–H and O–H groups in total. The molecule has 2 aromatic heterocycles. The van der Waals surface area contributed by atoms with Crippen molar-refractivity contribution in [3.05, 3.63) is 36.3 Å². The number of H-pyrrole nitrogens is 1. The second-order valence-corrected chi connectivity index (χ2v) is 3.81. The Morgan fingerprint density at radius 1 is 1.35 bits per heavy atom. The van der Waals surface area contributed by atoms with E-state index < -0.39 is 0 Å². The van der Waals surface area contributed by atoms with Crippen LogP contribution in [0.1, 0.15) is 19.2 Å². The standard InChI is InChI=1S/C12H15FN4/c1-2-3-14-8-12-16-7-11(17-12)9-4-10(13)6-15-5-9/h4-7,14H,2-3,8H2,1H3,(H,16,17). The Bertz CT molecular complexity index is 481. The molecule has 0 fully saturated rings. The van der Waals surface area contributed by atoms with Crippen molar-refractivity contribution in [3.8, 4) is 11.3 Å². The van der Waals surface area contributed by atoms with Gasteiger partial charge >= 0.3 is 0 Å². The number of nitrogens with zero attached hydrogens (tertiary/aromatic N) is 2. The van der Waals surface area contributed by atoms with Gasteiger partial charge in [0.15, 0.2) is 0 Å². The molecule has 5 heteroatoms. The van der Waals surface area contributed by atoms with E-state index in [-0.39, 0.29) is 5.82 Å². The molecule has 0 atom stereocenters. The Balaban J connectivity index is 2.07. The van der Waals surface area contributed by atoms with Gasteiger partial charge in [0.25, 0.3) is 0 Å². The highest BCUT2D eigenvalue weighted by molar-refractivity contribution is 5.56. The van der Waals surface area contributed by atoms with Gasteiger partial charge in [-0.1, -0.05) is 6.92 Å². The summed E-state index contributed by atoms with van der Waals surface area (Å²) < 4.78 is 13.0. The van der Waals surface area contributed by atoms with Gasteiger partial charge in [0.1, 0.15) is 11.6 Å². The number of aromatic nitrogens is 3. The number of hydrogen-bond acceptors (Lipinski definition) is 3. The molecule has 90 valence electrons. The van der Waals surface area contributed by atoms with Gasteiger partial charge in [-0.05, 0) is 19.0 Å². The summed E-state index contributed by atoms with van der Waals surface area (Å²) in [6, 6.07) is 1.43. The number of hydrogen-bond donors (Lipinski definition) is 2. The molecule has 2 rings (SSSR count). The number of imidazole rings is 1. The quantitative estimate of drug-likeness (QED) is 0.779. The monoisotopic (exact) mass is 234 g/mol. The highest BCUT2D eigenvalue weighted by Gasteiger charge is 2.04. The van der Waals surface area contributed by atoms with Crippen LogP contribution < -0.4 is 5.32 Å². The minimum absolute atomic E-state index is 0.345. The summed E-state index contributed by atoms with van der Waals surface area (Å²) in [5, 5.41) is 3.24. The number of nitrogens with one attached hydrogen (secondary N) is 2. The van der Waals surface area contributed by atoms with E-state index >= 15 is 0 Å². The van der Waals surface area contributed by atoms with E-state index in [0.29, 0.717) is 12.1 Å². The molecule has 0 saturated heterocycles. The molecule has 0 aliphatic rings. The van der Waals surface area contributed by atoms with Crippen molar-refractivity contribution in [1.82, 2.24) is 20.3 Å². The van der Waals surface area contributed by atoms with Crippen LogP contribution in [-0.4, -0.2) is 21.5 Å². The topological polar surface area (TPSA) is 53.6 Å². The molecule has 0 amide bonds. The minimum atomic E-state index is -0.345. The molecule has 4 nitrogen and oxygen atoms in total. The molecule has 0 radical (unpaired) electrons. The number of rotatable bonds is 5. The normalized spacial score (nSPS) is 10.7. The summed E-state index contributed by atoms with van der Waals surface area (Å²) in [4.78, 5) is 11.2. The van der Waals surface area contributed by atoms with Gasteiger partial charge in [0.05, 0.1) is 24.6 Å². The third-order valence-corrected chi connectivity index (χ3v) is 2.36. The molecule has 0 spiro atoms. The molecule has 0 saturated carbocycles. The van der Waals surface area contributed by atoms with Crippen LogP contribution in [0.25, 0.3) is 11.3 Å². The van der Waals surface area contributed by atoms with E-state index in [1.165, 1.54) is 12.3 Å². The van der Waals surface area contributed by atoms with E-state index in [4.69, 9.17) is 0 Å². The second kappa shape index (κ2) is 5.54. The van der Waals surface area contributed by atoms with Crippen LogP contribution in [0.2, 0.25) is 0 Å². The summed E-state index contributed by atoms with van der Waals surface area (Å²) in [7, 11) is 0. The van der Waals surface area contributed by atoms with Gasteiger partial charge < -0.3 is 10.3 Å². The molecular formula is C12H15FN4. The maximum atomic E-state index is 13.0. The zero-order chi connectivity index (χ0) is 12.1. The van der Waals surface area contributed by atoms with Crippen molar-refractivity contribution < 1.29 is 4.39 Å². The van der Waals surface area contributed by atoms with Crippen molar-refractivity contribution in [1.29, 1.82) is 0 Å². The number of pyridine rings is 1. The summed E-state index contributed by atoms with van der Waals surface area (Å²) in [6.07, 6.45) is 5.57. The molecule has 0 aromatic carbocycles. The first-order valence-electron chi connectivity index (χ1n) is 5.65. The lowest BCUT2D eigenvalue weighted by molar-refractivity contribution is 0.622. The van der Waals surface area contributed by atoms with Crippen LogP contribution in [0.3, 0.4) is 0 Å². The fraction of sp³-hybridized carbons (Fsp3) is 0.333. The molecule has 0 aliphatic heterocycles. The zero-order valence-electron chi connectivity index (χ0n) is 9.70. The van der Waals surface area contributed by atoms with Gasteiger partial charge in [-0.25, -0.2) is 9.37 Å². The van der Waals surface area contributed by atoms with Crippen molar-refractivity contribution in [2.24, 2.45) is 0 Å². The summed E-state index contributed by atoms with van der Waals surface area (Å²) in [5.74, 6) is 0.500. The van der Waals surface area contributed by atoms with Gasteiger partial charge in [0.2, 0.25) is 0 Å². The molecule has 0 bridgehead atoms. The van der Waals surface area contributed by atoms with Crippen LogP contribution >= 0.6 is 0 Å². The van der Waals surface area contributed by atoms with Gasteiger partial charge in [-0.2, -0.15) is 0 Å². The Morgan fingerprint density at radius 3 is 3.00 bits per heavy atom. The van der Waals surface area contributed by atoms with Crippen molar-refractivity contribution in [2.75, 3.05) is 6.54 Å². The first-order valence-corrected chi connectivity index (χ1v) is 5.65. The van der Waals surface area contributed by atoms with Crippen LogP contribution in [0, 0.1) is 5.82 Å². The van der Waals surface area contributed by atoms with Crippen molar-refractivity contribution in [2.45, 2.75) is 19.9 Å². The lowest BCUT2D eigenvalue weighted by atomic mass is 10.2. The fourth-order valence-corrected chi connectivity index (χ4v) is 1.54. The molecule has 0 unspecified atom stereocenters. The SMILES string of the molecule is CCCNCc1ncc(-c2cncc(F)c2)[nH]1. The van der Waals surface area contributed by atoms with Crippen LogP contribution in [0.5, 0.6) is 0 Å². The van der Waals surface area contributed by atoms with E-state index in [1.807, 2.05) is 0 Å². The van der Waals surface area contributed by atoms with E-state index in [2.05, 4.69) is 27.2 Å². The van der Waals surface area contributed by atoms with Crippen LogP contribution in [0.4, 0.5) is 4.39 Å². The lowest BCUT2D eigenvalue weighted by Crippen LogP contribution is -2.14. The minimum Gasteiger partial charge on any atom is -0.341 e. The molecule has 17 heavy (non-hydrogen) atoms. The fourth-order valence-electron chi connectivity index (χ4n) is 1.54. The smallest absolute Gasteiger partial charge is 0.142 e. The third-order valence-electron chi connectivity index (χ3n) is 2.36. The summed E-state index contributed by atoms with van der Waals surface area (Å²) in [5.41, 5.74) is 1.49. The highest BCUT2D eigenvalue weighted by atomic mass is 19.1. The van der Waals surface area contributed by atoms with Crippen LogP contribution in [0.15, 0.2) is 24.7 Å².